The summed E-state index contributed by atoms with van der Waals surface area (Å²) in [6.07, 6.45) is -2.20. The van der Waals surface area contributed by atoms with Gasteiger partial charge in [0.15, 0.2) is 0 Å². The van der Waals surface area contributed by atoms with Crippen molar-refractivity contribution >= 4 is 35.5 Å². The van der Waals surface area contributed by atoms with Crippen LogP contribution in [0.5, 0.6) is 0 Å². The van der Waals surface area contributed by atoms with Gasteiger partial charge in [-0.2, -0.15) is 0 Å². The number of aliphatic carboxylic acids is 1. The fraction of sp³-hybridized carbons (Fsp3) is 0.647. The van der Waals surface area contributed by atoms with Gasteiger partial charge in [0.1, 0.15) is 24.2 Å². The topological polar surface area (TPSA) is 257 Å². The van der Waals surface area contributed by atoms with E-state index in [4.69, 9.17) is 22.3 Å². The highest BCUT2D eigenvalue weighted by Gasteiger charge is 2.29. The summed E-state index contributed by atoms with van der Waals surface area (Å²) in [5.41, 5.74) is 15.5. The van der Waals surface area contributed by atoms with Gasteiger partial charge in [0.05, 0.1) is 6.10 Å². The summed E-state index contributed by atoms with van der Waals surface area (Å²) in [6, 6.07) is -5.29. The number of carboxylic acid groups (broad SMARTS) is 1. The normalized spacial score (nSPS) is 15.5. The zero-order valence-electron chi connectivity index (χ0n) is 17.3. The number of aliphatic hydroxyl groups excluding tert-OH is 1. The van der Waals surface area contributed by atoms with Crippen LogP contribution in [0.1, 0.15) is 39.5 Å². The fourth-order valence-corrected chi connectivity index (χ4v) is 2.26. The molecule has 0 aliphatic rings. The lowest BCUT2D eigenvalue weighted by Gasteiger charge is -2.24. The van der Waals surface area contributed by atoms with Gasteiger partial charge >= 0.3 is 5.97 Å². The average molecular weight is 446 g/mol. The van der Waals surface area contributed by atoms with E-state index in [1.54, 1.807) is 0 Å². The summed E-state index contributed by atoms with van der Waals surface area (Å²) in [4.78, 5) is 69.8. The second kappa shape index (κ2) is 13.1. The molecule has 31 heavy (non-hydrogen) atoms. The molecule has 0 radical (unpaired) electrons. The molecular weight excluding hydrogens is 416 g/mol. The summed E-state index contributed by atoms with van der Waals surface area (Å²) in [7, 11) is 0. The Balaban J connectivity index is 5.12. The minimum absolute atomic E-state index is 0.204. The largest absolute Gasteiger partial charge is 0.480 e. The highest BCUT2D eigenvalue weighted by molar-refractivity contribution is 5.94. The van der Waals surface area contributed by atoms with Gasteiger partial charge in [-0.1, -0.05) is 0 Å². The Bertz CT molecular complexity index is 698. The van der Waals surface area contributed by atoms with E-state index in [0.717, 1.165) is 0 Å². The van der Waals surface area contributed by atoms with Crippen molar-refractivity contribution in [2.24, 2.45) is 17.2 Å². The number of nitrogens with two attached hydrogens (primary N) is 3. The van der Waals surface area contributed by atoms with Crippen LogP contribution in [0.4, 0.5) is 0 Å². The van der Waals surface area contributed by atoms with E-state index in [1.165, 1.54) is 13.8 Å². The lowest BCUT2D eigenvalue weighted by atomic mass is 10.1. The van der Waals surface area contributed by atoms with Gasteiger partial charge in [-0.05, 0) is 26.7 Å². The Kier molecular flexibility index (Phi) is 11.7. The van der Waals surface area contributed by atoms with Crippen molar-refractivity contribution in [3.05, 3.63) is 0 Å². The van der Waals surface area contributed by atoms with Crippen molar-refractivity contribution < 1.29 is 39.0 Å². The first-order valence-electron chi connectivity index (χ1n) is 9.40. The first-order chi connectivity index (χ1) is 14.3. The lowest BCUT2D eigenvalue weighted by molar-refractivity contribution is -0.142. The SMILES string of the molecule is CC(NC(=O)C(CCC(N)=O)NC(=O)C(N)C(C)O)C(=O)NC(CCC(N)=O)C(=O)O. The third kappa shape index (κ3) is 10.9. The Morgan fingerprint density at radius 3 is 1.65 bits per heavy atom. The van der Waals surface area contributed by atoms with Gasteiger partial charge in [0, 0.05) is 12.8 Å². The molecule has 0 spiro atoms. The van der Waals surface area contributed by atoms with Gasteiger partial charge < -0.3 is 43.4 Å². The van der Waals surface area contributed by atoms with Crippen molar-refractivity contribution in [3.63, 3.8) is 0 Å². The van der Waals surface area contributed by atoms with Gasteiger partial charge in [-0.15, -0.1) is 0 Å². The first kappa shape index (κ1) is 27.7. The van der Waals surface area contributed by atoms with Crippen LogP contribution in [-0.2, 0) is 28.8 Å². The van der Waals surface area contributed by atoms with E-state index < -0.39 is 65.8 Å². The Labute approximate surface area is 178 Å². The van der Waals surface area contributed by atoms with Crippen molar-refractivity contribution in [2.45, 2.75) is 69.8 Å². The molecule has 0 saturated carbocycles. The zero-order valence-corrected chi connectivity index (χ0v) is 17.3. The van der Waals surface area contributed by atoms with Crippen LogP contribution in [-0.4, -0.2) is 76.0 Å². The van der Waals surface area contributed by atoms with Gasteiger partial charge in [-0.25, -0.2) is 4.79 Å². The Morgan fingerprint density at radius 1 is 0.774 bits per heavy atom. The minimum atomic E-state index is -1.41. The quantitative estimate of drug-likeness (QED) is 0.128. The molecule has 5 amide bonds. The van der Waals surface area contributed by atoms with Crippen LogP contribution >= 0.6 is 0 Å². The lowest BCUT2D eigenvalue weighted by Crippen LogP contribution is -2.57. The summed E-state index contributed by atoms with van der Waals surface area (Å²) in [6.45, 7) is 2.53. The molecule has 5 atom stereocenters. The standard InChI is InChI=1S/C17H30N6O8/c1-7(14(27)23-10(17(30)31)4-6-12(19)26)21-15(28)9(3-5-11(18)25)22-16(29)13(20)8(2)24/h7-10,13,24H,3-6,20H2,1-2H3,(H2,18,25)(H2,19,26)(H,21,28)(H,22,29)(H,23,27)(H,30,31). The smallest absolute Gasteiger partial charge is 0.326 e. The maximum absolute atomic E-state index is 12.5. The number of carbonyl (C=O) groups excluding carboxylic acids is 5. The molecule has 0 rings (SSSR count). The van der Waals surface area contributed by atoms with E-state index in [1.807, 2.05) is 0 Å². The van der Waals surface area contributed by atoms with Crippen molar-refractivity contribution in [1.82, 2.24) is 16.0 Å². The molecule has 14 nitrogen and oxygen atoms in total. The second-order valence-electron chi connectivity index (χ2n) is 6.97. The summed E-state index contributed by atoms with van der Waals surface area (Å²) in [5, 5.41) is 25.2. The number of nitrogens with one attached hydrogen (secondary N) is 3. The summed E-state index contributed by atoms with van der Waals surface area (Å²) < 4.78 is 0. The maximum Gasteiger partial charge on any atom is 0.326 e. The van der Waals surface area contributed by atoms with Crippen LogP contribution in [0.25, 0.3) is 0 Å². The Hall–Kier alpha value is -3.26. The molecule has 0 aromatic carbocycles. The molecule has 0 fully saturated rings. The number of primary amides is 2. The number of carbonyl (C=O) groups is 6. The molecule has 0 aromatic heterocycles. The first-order valence-corrected chi connectivity index (χ1v) is 9.40. The fourth-order valence-electron chi connectivity index (χ4n) is 2.26. The van der Waals surface area contributed by atoms with E-state index in [9.17, 15) is 33.9 Å². The molecule has 0 heterocycles. The maximum atomic E-state index is 12.5. The van der Waals surface area contributed by atoms with E-state index in [0.29, 0.717) is 0 Å². The molecule has 5 unspecified atom stereocenters. The van der Waals surface area contributed by atoms with E-state index >= 15 is 0 Å². The highest BCUT2D eigenvalue weighted by Crippen LogP contribution is 2.02. The number of hydrogen-bond donors (Lipinski definition) is 8. The molecule has 0 saturated heterocycles. The molecular formula is C17H30N6O8. The van der Waals surface area contributed by atoms with Crippen LogP contribution in [0.3, 0.4) is 0 Å². The number of amides is 5. The average Bonchev–Trinajstić information content (AvgIpc) is 2.66. The minimum Gasteiger partial charge on any atom is -0.480 e. The number of carboxylic acids is 1. The van der Waals surface area contributed by atoms with Gasteiger partial charge in [0.25, 0.3) is 0 Å². The monoisotopic (exact) mass is 446 g/mol. The molecule has 11 N–H and O–H groups in total. The van der Waals surface area contributed by atoms with E-state index in [2.05, 4.69) is 16.0 Å². The number of rotatable bonds is 14. The van der Waals surface area contributed by atoms with Crippen LogP contribution in [0, 0.1) is 0 Å². The summed E-state index contributed by atoms with van der Waals surface area (Å²) >= 11 is 0. The third-order valence-electron chi connectivity index (χ3n) is 4.18. The second-order valence-corrected chi connectivity index (χ2v) is 6.97. The zero-order chi connectivity index (χ0) is 24.3. The van der Waals surface area contributed by atoms with Crippen molar-refractivity contribution in [1.29, 1.82) is 0 Å². The molecule has 0 aliphatic carbocycles. The van der Waals surface area contributed by atoms with E-state index in [-0.39, 0.29) is 25.7 Å². The molecule has 14 heteroatoms. The molecule has 176 valence electrons. The third-order valence-corrected chi connectivity index (χ3v) is 4.18. The molecule has 0 aromatic rings. The number of aliphatic hydroxyl groups is 1. The molecule has 0 aliphatic heterocycles. The molecule has 0 bridgehead atoms. The predicted octanol–water partition coefficient (Wildman–Crippen LogP) is -4.22. The predicted molar refractivity (Wildman–Crippen MR) is 106 cm³/mol. The highest BCUT2D eigenvalue weighted by atomic mass is 16.4. The summed E-state index contributed by atoms with van der Waals surface area (Å²) in [5.74, 6) is -5.48. The van der Waals surface area contributed by atoms with Crippen LogP contribution < -0.4 is 33.2 Å². The number of hydrogen-bond acceptors (Lipinski definition) is 8. The Morgan fingerprint density at radius 2 is 1.23 bits per heavy atom. The van der Waals surface area contributed by atoms with Gasteiger partial charge in [-0.3, -0.25) is 24.0 Å². The van der Waals surface area contributed by atoms with Crippen molar-refractivity contribution in [2.75, 3.05) is 0 Å². The van der Waals surface area contributed by atoms with Gasteiger partial charge in [0.2, 0.25) is 29.5 Å². The van der Waals surface area contributed by atoms with Crippen molar-refractivity contribution in [3.8, 4) is 0 Å². The van der Waals surface area contributed by atoms with Crippen LogP contribution in [0.2, 0.25) is 0 Å². The van der Waals surface area contributed by atoms with Crippen LogP contribution in [0.15, 0.2) is 0 Å².